The smallest absolute Gasteiger partial charge is 0.306 e. The number of nitriles is 1. The molecule has 2 aromatic carbocycles. The van der Waals surface area contributed by atoms with Crippen molar-refractivity contribution >= 4 is 11.6 Å². The third-order valence-electron chi connectivity index (χ3n) is 4.54. The van der Waals surface area contributed by atoms with Crippen LogP contribution in [0.1, 0.15) is 18.1 Å². The number of carbonyl (C=O) groups is 1. The van der Waals surface area contributed by atoms with E-state index in [1.807, 2.05) is 48.5 Å². The highest BCUT2D eigenvalue weighted by atomic mass is 16.2. The van der Waals surface area contributed by atoms with Crippen molar-refractivity contribution in [3.05, 3.63) is 98.8 Å². The maximum atomic E-state index is 13.2. The SMILES string of the molecule is CCn1cc(C#N)c(=O)n(CC(=O)N(Cc2ccccc2)c2ccccc2)c1=O. The fourth-order valence-corrected chi connectivity index (χ4v) is 3.01. The first-order valence-corrected chi connectivity index (χ1v) is 9.19. The zero-order valence-corrected chi connectivity index (χ0v) is 16.0. The Morgan fingerprint density at radius 1 is 1.03 bits per heavy atom. The van der Waals surface area contributed by atoms with Gasteiger partial charge in [-0.25, -0.2) is 9.36 Å². The van der Waals surface area contributed by atoms with E-state index >= 15 is 0 Å². The molecule has 0 saturated carbocycles. The fourth-order valence-electron chi connectivity index (χ4n) is 3.01. The van der Waals surface area contributed by atoms with Crippen molar-refractivity contribution in [3.8, 4) is 6.07 Å². The van der Waals surface area contributed by atoms with Gasteiger partial charge in [0.05, 0.1) is 6.54 Å². The van der Waals surface area contributed by atoms with Crippen molar-refractivity contribution in [2.24, 2.45) is 0 Å². The van der Waals surface area contributed by atoms with Crippen molar-refractivity contribution in [2.75, 3.05) is 4.90 Å². The van der Waals surface area contributed by atoms with Gasteiger partial charge < -0.3 is 4.90 Å². The molecule has 1 aromatic heterocycles. The normalized spacial score (nSPS) is 10.3. The standard InChI is InChI=1S/C22H20N4O3/c1-2-24-15-18(13-23)21(28)26(22(24)29)16-20(27)25(19-11-7-4-8-12-19)14-17-9-5-3-6-10-17/h3-12,15H,2,14,16H2,1H3. The second-order valence-corrected chi connectivity index (χ2v) is 6.42. The topological polar surface area (TPSA) is 88.1 Å². The molecule has 0 aliphatic carbocycles. The van der Waals surface area contributed by atoms with E-state index in [2.05, 4.69) is 0 Å². The molecule has 0 fully saturated rings. The maximum absolute atomic E-state index is 13.2. The number of amides is 1. The van der Waals surface area contributed by atoms with Crippen LogP contribution in [0.2, 0.25) is 0 Å². The lowest BCUT2D eigenvalue weighted by Gasteiger charge is -2.23. The monoisotopic (exact) mass is 388 g/mol. The van der Waals surface area contributed by atoms with Gasteiger partial charge in [0.25, 0.3) is 5.56 Å². The van der Waals surface area contributed by atoms with E-state index in [1.165, 1.54) is 15.7 Å². The summed E-state index contributed by atoms with van der Waals surface area (Å²) in [4.78, 5) is 39.8. The summed E-state index contributed by atoms with van der Waals surface area (Å²) in [5, 5.41) is 9.20. The van der Waals surface area contributed by atoms with Crippen LogP contribution in [0.25, 0.3) is 0 Å². The fraction of sp³-hybridized carbons (Fsp3) is 0.182. The van der Waals surface area contributed by atoms with Gasteiger partial charge in [-0.3, -0.25) is 14.2 Å². The van der Waals surface area contributed by atoms with Crippen molar-refractivity contribution in [2.45, 2.75) is 26.6 Å². The van der Waals surface area contributed by atoms with E-state index in [4.69, 9.17) is 0 Å². The summed E-state index contributed by atoms with van der Waals surface area (Å²) in [6, 6.07) is 20.3. The minimum atomic E-state index is -0.761. The molecule has 3 aromatic rings. The lowest BCUT2D eigenvalue weighted by atomic mass is 10.2. The minimum absolute atomic E-state index is 0.173. The van der Waals surface area contributed by atoms with Crippen LogP contribution >= 0.6 is 0 Å². The van der Waals surface area contributed by atoms with Gasteiger partial charge in [0.15, 0.2) is 0 Å². The third kappa shape index (κ3) is 4.33. The van der Waals surface area contributed by atoms with Crippen molar-refractivity contribution in [1.29, 1.82) is 5.26 Å². The summed E-state index contributed by atoms with van der Waals surface area (Å²) in [5.41, 5.74) is 0.0184. The first-order valence-electron chi connectivity index (χ1n) is 9.19. The number of benzene rings is 2. The van der Waals surface area contributed by atoms with E-state index in [0.29, 0.717) is 12.2 Å². The molecule has 0 spiro atoms. The van der Waals surface area contributed by atoms with Crippen LogP contribution in [0.3, 0.4) is 0 Å². The predicted octanol–water partition coefficient (Wildman–Crippen LogP) is 2.13. The van der Waals surface area contributed by atoms with E-state index in [0.717, 1.165) is 10.1 Å². The summed E-state index contributed by atoms with van der Waals surface area (Å²) in [7, 11) is 0. The first-order chi connectivity index (χ1) is 14.0. The Morgan fingerprint density at radius 3 is 2.24 bits per heavy atom. The molecule has 0 aliphatic heterocycles. The van der Waals surface area contributed by atoms with E-state index < -0.39 is 23.7 Å². The molecular weight excluding hydrogens is 368 g/mol. The number of hydrogen-bond acceptors (Lipinski definition) is 4. The third-order valence-corrected chi connectivity index (χ3v) is 4.54. The van der Waals surface area contributed by atoms with Crippen LogP contribution in [0, 0.1) is 11.3 Å². The van der Waals surface area contributed by atoms with Crippen LogP contribution < -0.4 is 16.1 Å². The number of rotatable bonds is 6. The Balaban J connectivity index is 2.01. The molecule has 1 heterocycles. The molecule has 0 bridgehead atoms. The number of aryl methyl sites for hydroxylation is 1. The summed E-state index contributed by atoms with van der Waals surface area (Å²) in [5.74, 6) is -0.419. The lowest BCUT2D eigenvalue weighted by Crippen LogP contribution is -2.45. The highest BCUT2D eigenvalue weighted by Crippen LogP contribution is 2.17. The van der Waals surface area contributed by atoms with Crippen LogP contribution in [0.4, 0.5) is 5.69 Å². The Bertz CT molecular complexity index is 1160. The van der Waals surface area contributed by atoms with Crippen molar-refractivity contribution in [3.63, 3.8) is 0 Å². The average molecular weight is 388 g/mol. The van der Waals surface area contributed by atoms with Gasteiger partial charge in [-0.1, -0.05) is 48.5 Å². The molecule has 0 N–H and O–H groups in total. The van der Waals surface area contributed by atoms with E-state index in [-0.39, 0.29) is 12.1 Å². The predicted molar refractivity (Wildman–Crippen MR) is 109 cm³/mol. The maximum Gasteiger partial charge on any atom is 0.331 e. The molecule has 3 rings (SSSR count). The quantitative estimate of drug-likeness (QED) is 0.647. The lowest BCUT2D eigenvalue weighted by molar-refractivity contribution is -0.119. The second-order valence-electron chi connectivity index (χ2n) is 6.42. The van der Waals surface area contributed by atoms with Crippen LogP contribution in [0.5, 0.6) is 0 Å². The summed E-state index contributed by atoms with van der Waals surface area (Å²) < 4.78 is 2.07. The second kappa shape index (κ2) is 8.85. The number of carbonyl (C=O) groups excluding carboxylic acids is 1. The van der Waals surface area contributed by atoms with Crippen molar-refractivity contribution < 1.29 is 4.79 Å². The first kappa shape index (κ1) is 19.8. The zero-order chi connectivity index (χ0) is 20.8. The molecule has 0 saturated heterocycles. The molecule has 7 nitrogen and oxygen atoms in total. The Labute approximate surface area is 167 Å². The van der Waals surface area contributed by atoms with Crippen LogP contribution in [0.15, 0.2) is 76.4 Å². The van der Waals surface area contributed by atoms with Gasteiger partial charge in [-0.05, 0) is 24.6 Å². The number of nitrogens with zero attached hydrogens (tertiary/aromatic N) is 4. The summed E-state index contributed by atoms with van der Waals surface area (Å²) in [6.45, 7) is 1.85. The minimum Gasteiger partial charge on any atom is -0.306 e. The molecule has 0 unspecified atom stereocenters. The van der Waals surface area contributed by atoms with Crippen molar-refractivity contribution in [1.82, 2.24) is 9.13 Å². The van der Waals surface area contributed by atoms with Crippen LogP contribution in [-0.4, -0.2) is 15.0 Å². The number of aromatic nitrogens is 2. The van der Waals surface area contributed by atoms with Gasteiger partial charge >= 0.3 is 5.69 Å². The molecule has 0 radical (unpaired) electrons. The number of anilines is 1. The molecule has 29 heavy (non-hydrogen) atoms. The largest absolute Gasteiger partial charge is 0.331 e. The molecule has 0 aliphatic rings. The summed E-state index contributed by atoms with van der Waals surface area (Å²) >= 11 is 0. The Kier molecular flexibility index (Phi) is 6.05. The average Bonchev–Trinajstić information content (AvgIpc) is 2.76. The highest BCUT2D eigenvalue weighted by molar-refractivity contribution is 5.93. The van der Waals surface area contributed by atoms with E-state index in [1.54, 1.807) is 25.1 Å². The molecule has 1 amide bonds. The molecule has 0 atom stereocenters. The molecule has 7 heteroatoms. The number of hydrogen-bond donors (Lipinski definition) is 0. The highest BCUT2D eigenvalue weighted by Gasteiger charge is 2.20. The molecular formula is C22H20N4O3. The zero-order valence-electron chi connectivity index (χ0n) is 16.0. The number of para-hydroxylation sites is 1. The van der Waals surface area contributed by atoms with Crippen LogP contribution in [-0.2, 0) is 24.4 Å². The van der Waals surface area contributed by atoms with Gasteiger partial charge in [0.1, 0.15) is 18.2 Å². The Morgan fingerprint density at radius 2 is 1.66 bits per heavy atom. The van der Waals surface area contributed by atoms with Gasteiger partial charge in [-0.15, -0.1) is 0 Å². The van der Waals surface area contributed by atoms with Gasteiger partial charge in [0, 0.05) is 18.4 Å². The van der Waals surface area contributed by atoms with E-state index in [9.17, 15) is 19.6 Å². The van der Waals surface area contributed by atoms with Gasteiger partial charge in [-0.2, -0.15) is 5.26 Å². The van der Waals surface area contributed by atoms with Gasteiger partial charge in [0.2, 0.25) is 5.91 Å². The Hall–Kier alpha value is -3.92. The summed E-state index contributed by atoms with van der Waals surface area (Å²) in [6.07, 6.45) is 1.23. The molecule has 146 valence electrons.